The Hall–Kier alpha value is -3.82. The van der Waals surface area contributed by atoms with Gasteiger partial charge in [0.15, 0.2) is 11.6 Å². The summed E-state index contributed by atoms with van der Waals surface area (Å²) in [5, 5.41) is 11.7. The number of piperazine rings is 1. The zero-order valence-electron chi connectivity index (χ0n) is 19.4. The predicted molar refractivity (Wildman–Crippen MR) is 137 cm³/mol. The van der Waals surface area contributed by atoms with Crippen molar-refractivity contribution in [3.05, 3.63) is 90.6 Å². The molecule has 178 valence electrons. The minimum atomic E-state index is -3.56. The molecule has 9 heteroatoms. The number of rotatable bonds is 6. The van der Waals surface area contributed by atoms with Crippen molar-refractivity contribution in [1.82, 2.24) is 19.5 Å². The number of hydrogen-bond acceptors (Lipinski definition) is 7. The Morgan fingerprint density at radius 3 is 2.09 bits per heavy atom. The summed E-state index contributed by atoms with van der Waals surface area (Å²) in [6.45, 7) is 3.79. The van der Waals surface area contributed by atoms with Gasteiger partial charge in [0.05, 0.1) is 4.90 Å². The lowest BCUT2D eigenvalue weighted by Crippen LogP contribution is -2.48. The number of benzene rings is 2. The van der Waals surface area contributed by atoms with E-state index in [1.165, 1.54) is 4.31 Å². The van der Waals surface area contributed by atoms with E-state index < -0.39 is 10.0 Å². The van der Waals surface area contributed by atoms with Crippen molar-refractivity contribution in [2.24, 2.45) is 0 Å². The zero-order valence-corrected chi connectivity index (χ0v) is 20.2. The summed E-state index contributed by atoms with van der Waals surface area (Å²) in [4.78, 5) is 6.76. The topological polar surface area (TPSA) is 91.3 Å². The minimum Gasteiger partial charge on any atom is -0.352 e. The molecular formula is C26H26N6O2S. The Kier molecular flexibility index (Phi) is 6.43. The summed E-state index contributed by atoms with van der Waals surface area (Å²) in [5.74, 6) is 2.03. The molecule has 0 aliphatic carbocycles. The second-order valence-corrected chi connectivity index (χ2v) is 10.3. The van der Waals surface area contributed by atoms with Gasteiger partial charge in [-0.15, -0.1) is 10.2 Å². The number of anilines is 3. The number of hydrogen-bond donors (Lipinski definition) is 1. The van der Waals surface area contributed by atoms with E-state index in [2.05, 4.69) is 20.5 Å². The molecule has 0 unspecified atom stereocenters. The average molecular weight is 487 g/mol. The lowest BCUT2D eigenvalue weighted by Gasteiger charge is -2.34. The van der Waals surface area contributed by atoms with Crippen molar-refractivity contribution in [3.63, 3.8) is 0 Å². The molecule has 0 atom stereocenters. The first-order valence-corrected chi connectivity index (χ1v) is 12.9. The van der Waals surface area contributed by atoms with Gasteiger partial charge in [-0.3, -0.25) is 0 Å². The highest BCUT2D eigenvalue weighted by Gasteiger charge is 2.29. The van der Waals surface area contributed by atoms with Gasteiger partial charge in [0.1, 0.15) is 5.82 Å². The highest BCUT2D eigenvalue weighted by molar-refractivity contribution is 7.89. The van der Waals surface area contributed by atoms with Crippen molar-refractivity contribution in [2.45, 2.75) is 11.8 Å². The molecule has 0 radical (unpaired) electrons. The van der Waals surface area contributed by atoms with Gasteiger partial charge in [0, 0.05) is 31.9 Å². The Labute approximate surface area is 205 Å². The number of aryl methyl sites for hydroxylation is 1. The van der Waals surface area contributed by atoms with Crippen LogP contribution < -0.4 is 10.2 Å². The van der Waals surface area contributed by atoms with Crippen LogP contribution in [0.15, 0.2) is 89.8 Å². The van der Waals surface area contributed by atoms with Crippen molar-refractivity contribution in [3.8, 4) is 11.1 Å². The van der Waals surface area contributed by atoms with Gasteiger partial charge >= 0.3 is 0 Å². The van der Waals surface area contributed by atoms with E-state index in [4.69, 9.17) is 0 Å². The van der Waals surface area contributed by atoms with Crippen LogP contribution in [-0.2, 0) is 10.0 Å². The average Bonchev–Trinajstić information content (AvgIpc) is 2.90. The minimum absolute atomic E-state index is 0.311. The molecule has 1 aliphatic heterocycles. The molecule has 1 aliphatic rings. The molecule has 2 aromatic heterocycles. The van der Waals surface area contributed by atoms with Gasteiger partial charge in [-0.25, -0.2) is 13.4 Å². The quantitative estimate of drug-likeness (QED) is 0.439. The summed E-state index contributed by atoms with van der Waals surface area (Å²) < 4.78 is 27.9. The lowest BCUT2D eigenvalue weighted by molar-refractivity contribution is 0.383. The second kappa shape index (κ2) is 9.81. The number of nitrogens with one attached hydrogen (secondary N) is 1. The van der Waals surface area contributed by atoms with Gasteiger partial charge in [0.2, 0.25) is 10.0 Å². The van der Waals surface area contributed by atoms with Crippen molar-refractivity contribution >= 4 is 27.5 Å². The summed E-state index contributed by atoms with van der Waals surface area (Å²) in [7, 11) is -3.56. The van der Waals surface area contributed by atoms with Crippen LogP contribution in [0.2, 0.25) is 0 Å². The molecule has 35 heavy (non-hydrogen) atoms. The van der Waals surface area contributed by atoms with E-state index in [1.54, 1.807) is 12.1 Å². The molecule has 0 bridgehead atoms. The van der Waals surface area contributed by atoms with E-state index in [0.717, 1.165) is 22.6 Å². The normalized spacial score (nSPS) is 14.6. The smallest absolute Gasteiger partial charge is 0.243 e. The van der Waals surface area contributed by atoms with Gasteiger partial charge in [0.25, 0.3) is 0 Å². The van der Waals surface area contributed by atoms with Crippen LogP contribution >= 0.6 is 0 Å². The van der Waals surface area contributed by atoms with Gasteiger partial charge in [-0.2, -0.15) is 4.31 Å². The molecule has 1 N–H and O–H groups in total. The van der Waals surface area contributed by atoms with Gasteiger partial charge in [-0.05, 0) is 54.4 Å². The number of aromatic nitrogens is 3. The Bertz CT molecular complexity index is 1390. The maximum absolute atomic E-state index is 13.2. The summed E-state index contributed by atoms with van der Waals surface area (Å²) in [5.41, 5.74) is 2.96. The maximum Gasteiger partial charge on any atom is 0.243 e. The van der Waals surface area contributed by atoms with Crippen molar-refractivity contribution in [2.75, 3.05) is 36.4 Å². The fourth-order valence-corrected chi connectivity index (χ4v) is 5.48. The van der Waals surface area contributed by atoms with Gasteiger partial charge < -0.3 is 10.2 Å². The zero-order chi connectivity index (χ0) is 24.3. The number of sulfonamides is 1. The molecule has 0 spiro atoms. The first kappa shape index (κ1) is 22.9. The van der Waals surface area contributed by atoms with Crippen LogP contribution in [0.1, 0.15) is 5.69 Å². The lowest BCUT2D eigenvalue weighted by atomic mass is 10.1. The first-order chi connectivity index (χ1) is 17.0. The highest BCUT2D eigenvalue weighted by atomic mass is 32.2. The molecule has 3 heterocycles. The van der Waals surface area contributed by atoms with Crippen LogP contribution in [-0.4, -0.2) is 54.1 Å². The summed E-state index contributed by atoms with van der Waals surface area (Å²) >= 11 is 0. The monoisotopic (exact) mass is 486 g/mol. The van der Waals surface area contributed by atoms with E-state index >= 15 is 0 Å². The Morgan fingerprint density at radius 1 is 0.714 bits per heavy atom. The second-order valence-electron chi connectivity index (χ2n) is 8.35. The first-order valence-electron chi connectivity index (χ1n) is 11.4. The molecule has 2 aromatic carbocycles. The summed E-state index contributed by atoms with van der Waals surface area (Å²) in [6.07, 6.45) is 0. The molecule has 0 amide bonds. The third-order valence-corrected chi connectivity index (χ3v) is 7.87. The Morgan fingerprint density at radius 2 is 1.43 bits per heavy atom. The van der Waals surface area contributed by atoms with E-state index in [1.807, 2.05) is 84.6 Å². The molecule has 4 aromatic rings. The SMILES string of the molecule is Cc1cccc(Nc2ccc(N3CCN(S(=O)(=O)c4ccc(-c5ccccc5)cc4)CC3)nn2)n1. The third-order valence-electron chi connectivity index (χ3n) is 5.96. The summed E-state index contributed by atoms with van der Waals surface area (Å²) in [6, 6.07) is 26.5. The predicted octanol–water partition coefficient (Wildman–Crippen LogP) is 4.10. The van der Waals surface area contributed by atoms with E-state index in [-0.39, 0.29) is 0 Å². The van der Waals surface area contributed by atoms with Crippen LogP contribution in [0.25, 0.3) is 11.1 Å². The standard InChI is InChI=1S/C26H26N6O2S/c1-20-6-5-9-24(27-20)28-25-14-15-26(30-29-25)31-16-18-32(19-17-31)35(33,34)23-12-10-22(11-13-23)21-7-3-2-4-8-21/h2-15H,16-19H2,1H3,(H,27,28,29). The molecule has 1 fully saturated rings. The molecular weight excluding hydrogens is 460 g/mol. The third kappa shape index (κ3) is 5.16. The largest absolute Gasteiger partial charge is 0.352 e. The highest BCUT2D eigenvalue weighted by Crippen LogP contribution is 2.24. The van der Waals surface area contributed by atoms with Crippen LogP contribution in [0.4, 0.5) is 17.5 Å². The van der Waals surface area contributed by atoms with Crippen LogP contribution in [0.3, 0.4) is 0 Å². The van der Waals surface area contributed by atoms with Crippen molar-refractivity contribution < 1.29 is 8.42 Å². The molecule has 0 saturated carbocycles. The van der Waals surface area contributed by atoms with Crippen molar-refractivity contribution in [1.29, 1.82) is 0 Å². The van der Waals surface area contributed by atoms with Crippen LogP contribution in [0, 0.1) is 6.92 Å². The molecule has 5 rings (SSSR count). The maximum atomic E-state index is 13.2. The fraction of sp³-hybridized carbons (Fsp3) is 0.192. The molecule has 1 saturated heterocycles. The fourth-order valence-electron chi connectivity index (χ4n) is 4.06. The number of nitrogens with zero attached hydrogens (tertiary/aromatic N) is 5. The van der Waals surface area contributed by atoms with E-state index in [9.17, 15) is 8.42 Å². The van der Waals surface area contributed by atoms with Crippen LogP contribution in [0.5, 0.6) is 0 Å². The molecule has 8 nitrogen and oxygen atoms in total. The van der Waals surface area contributed by atoms with E-state index in [0.29, 0.717) is 42.7 Å². The van der Waals surface area contributed by atoms with Gasteiger partial charge in [-0.1, -0.05) is 48.5 Å². The number of pyridine rings is 1. The Balaban J connectivity index is 1.21.